The molecule has 3 fully saturated rings. The maximum atomic E-state index is 6.02. The summed E-state index contributed by atoms with van der Waals surface area (Å²) in [6.07, 6.45) is 13.7. The fourth-order valence-electron chi connectivity index (χ4n) is 4.23. The average Bonchev–Trinajstić information content (AvgIpc) is 2.38. The minimum atomic E-state index is 0.294. The van der Waals surface area contributed by atoms with E-state index in [1.807, 2.05) is 0 Å². The van der Waals surface area contributed by atoms with Crippen molar-refractivity contribution in [1.29, 1.82) is 0 Å². The summed E-state index contributed by atoms with van der Waals surface area (Å²) in [4.78, 5) is 0. The van der Waals surface area contributed by atoms with Crippen LogP contribution in [0.4, 0.5) is 0 Å². The number of hydrogen-bond donors (Lipinski definition) is 1. The fraction of sp³-hybridized carbons (Fsp3) is 1.00. The van der Waals surface area contributed by atoms with Gasteiger partial charge in [0, 0.05) is 18.7 Å². The first-order valence-corrected chi connectivity index (χ1v) is 8.17. The van der Waals surface area contributed by atoms with Crippen molar-refractivity contribution in [2.24, 2.45) is 5.92 Å². The van der Waals surface area contributed by atoms with Gasteiger partial charge in [-0.05, 0) is 57.8 Å². The van der Waals surface area contributed by atoms with Crippen molar-refractivity contribution in [2.45, 2.75) is 88.8 Å². The van der Waals surface area contributed by atoms with Crippen LogP contribution in [0.2, 0.25) is 0 Å². The van der Waals surface area contributed by atoms with Crippen LogP contribution in [0, 0.1) is 5.92 Å². The monoisotopic (exact) mass is 251 g/mol. The van der Waals surface area contributed by atoms with E-state index < -0.39 is 0 Å². The SMILES string of the molecule is C[C@@H](NC1CCOC2(CCC2)C1)C1CCCCC1. The third-order valence-corrected chi connectivity index (χ3v) is 5.61. The molecule has 3 rings (SSSR count). The fourth-order valence-corrected chi connectivity index (χ4v) is 4.23. The van der Waals surface area contributed by atoms with Crippen LogP contribution < -0.4 is 5.32 Å². The Morgan fingerprint density at radius 1 is 1.06 bits per heavy atom. The Labute approximate surface area is 112 Å². The molecule has 0 aromatic heterocycles. The van der Waals surface area contributed by atoms with Crippen LogP contribution in [-0.2, 0) is 4.74 Å². The van der Waals surface area contributed by atoms with Crippen LogP contribution in [0.25, 0.3) is 0 Å². The second-order valence-electron chi connectivity index (χ2n) is 6.93. The molecule has 18 heavy (non-hydrogen) atoms. The van der Waals surface area contributed by atoms with Gasteiger partial charge in [-0.15, -0.1) is 0 Å². The molecular formula is C16H29NO. The lowest BCUT2D eigenvalue weighted by atomic mass is 9.73. The van der Waals surface area contributed by atoms with Crippen molar-refractivity contribution >= 4 is 0 Å². The van der Waals surface area contributed by atoms with E-state index in [9.17, 15) is 0 Å². The standard InChI is InChI=1S/C16H29NO/c1-13(14-6-3-2-4-7-14)17-15-8-11-18-16(12-15)9-5-10-16/h13-15,17H,2-12H2,1H3/t13-,15?/m1/s1. The van der Waals surface area contributed by atoms with Gasteiger partial charge >= 0.3 is 0 Å². The topological polar surface area (TPSA) is 21.3 Å². The molecule has 0 bridgehead atoms. The van der Waals surface area contributed by atoms with E-state index in [1.54, 1.807) is 0 Å². The van der Waals surface area contributed by atoms with E-state index in [4.69, 9.17) is 4.74 Å². The van der Waals surface area contributed by atoms with Gasteiger partial charge in [-0.2, -0.15) is 0 Å². The molecule has 1 heterocycles. The van der Waals surface area contributed by atoms with Gasteiger partial charge in [-0.1, -0.05) is 19.3 Å². The average molecular weight is 251 g/mol. The molecule has 1 aliphatic heterocycles. The molecule has 2 atom stereocenters. The zero-order valence-corrected chi connectivity index (χ0v) is 11.9. The molecule has 0 aromatic carbocycles. The Kier molecular flexibility index (Phi) is 3.95. The predicted molar refractivity (Wildman–Crippen MR) is 74.7 cm³/mol. The second kappa shape index (κ2) is 5.50. The van der Waals surface area contributed by atoms with Crippen LogP contribution in [0.3, 0.4) is 0 Å². The molecule has 2 aliphatic carbocycles. The van der Waals surface area contributed by atoms with E-state index >= 15 is 0 Å². The Bertz CT molecular complexity index is 268. The van der Waals surface area contributed by atoms with Gasteiger partial charge in [0.2, 0.25) is 0 Å². The van der Waals surface area contributed by atoms with E-state index in [2.05, 4.69) is 12.2 Å². The van der Waals surface area contributed by atoms with Crippen LogP contribution in [0.1, 0.15) is 71.1 Å². The summed E-state index contributed by atoms with van der Waals surface area (Å²) in [5.74, 6) is 0.930. The number of hydrogen-bond acceptors (Lipinski definition) is 2. The summed E-state index contributed by atoms with van der Waals surface area (Å²) in [5.41, 5.74) is 0.294. The highest BCUT2D eigenvalue weighted by Crippen LogP contribution is 2.42. The second-order valence-corrected chi connectivity index (χ2v) is 6.93. The molecule has 2 heteroatoms. The van der Waals surface area contributed by atoms with Crippen LogP contribution in [0.15, 0.2) is 0 Å². The lowest BCUT2D eigenvalue weighted by Gasteiger charge is -2.48. The summed E-state index contributed by atoms with van der Waals surface area (Å²) in [5, 5.41) is 3.93. The molecule has 1 saturated heterocycles. The Balaban J connectivity index is 1.49. The molecule has 0 radical (unpaired) electrons. The maximum Gasteiger partial charge on any atom is 0.0697 e. The number of rotatable bonds is 3. The van der Waals surface area contributed by atoms with Gasteiger partial charge < -0.3 is 10.1 Å². The molecule has 104 valence electrons. The summed E-state index contributed by atoms with van der Waals surface area (Å²) in [6, 6.07) is 1.43. The van der Waals surface area contributed by atoms with Crippen molar-refractivity contribution in [3.05, 3.63) is 0 Å². The van der Waals surface area contributed by atoms with Crippen LogP contribution >= 0.6 is 0 Å². The third kappa shape index (κ3) is 2.75. The zero-order chi connectivity index (χ0) is 12.4. The largest absolute Gasteiger partial charge is 0.375 e. The summed E-state index contributed by atoms with van der Waals surface area (Å²) < 4.78 is 6.02. The molecule has 1 N–H and O–H groups in total. The maximum absolute atomic E-state index is 6.02. The molecule has 2 nitrogen and oxygen atoms in total. The van der Waals surface area contributed by atoms with E-state index in [0.29, 0.717) is 11.6 Å². The third-order valence-electron chi connectivity index (χ3n) is 5.61. The van der Waals surface area contributed by atoms with Gasteiger partial charge in [-0.25, -0.2) is 0 Å². The minimum absolute atomic E-state index is 0.294. The van der Waals surface area contributed by atoms with Crippen molar-refractivity contribution < 1.29 is 4.74 Å². The molecule has 3 aliphatic rings. The van der Waals surface area contributed by atoms with Gasteiger partial charge in [0.15, 0.2) is 0 Å². The Hall–Kier alpha value is -0.0800. The molecule has 1 spiro atoms. The highest BCUT2D eigenvalue weighted by Gasteiger charge is 2.42. The highest BCUT2D eigenvalue weighted by atomic mass is 16.5. The van der Waals surface area contributed by atoms with Gasteiger partial charge in [0.05, 0.1) is 5.60 Å². The van der Waals surface area contributed by atoms with Gasteiger partial charge in [0.25, 0.3) is 0 Å². The molecule has 0 amide bonds. The normalized spacial score (nSPS) is 34.2. The zero-order valence-electron chi connectivity index (χ0n) is 11.9. The Morgan fingerprint density at radius 3 is 2.50 bits per heavy atom. The molecule has 0 aromatic rings. The van der Waals surface area contributed by atoms with E-state index in [-0.39, 0.29) is 0 Å². The smallest absolute Gasteiger partial charge is 0.0697 e. The summed E-state index contributed by atoms with van der Waals surface area (Å²) in [7, 11) is 0. The van der Waals surface area contributed by atoms with E-state index in [0.717, 1.165) is 18.6 Å². The van der Waals surface area contributed by atoms with E-state index in [1.165, 1.54) is 64.2 Å². The quantitative estimate of drug-likeness (QED) is 0.826. The summed E-state index contributed by atoms with van der Waals surface area (Å²) >= 11 is 0. The predicted octanol–water partition coefficient (Wildman–Crippen LogP) is 3.65. The first kappa shape index (κ1) is 12.9. The first-order chi connectivity index (χ1) is 8.77. The van der Waals surface area contributed by atoms with Gasteiger partial charge in [0.1, 0.15) is 0 Å². The lowest BCUT2D eigenvalue weighted by molar-refractivity contribution is -0.136. The Morgan fingerprint density at radius 2 is 1.83 bits per heavy atom. The lowest BCUT2D eigenvalue weighted by Crippen LogP contribution is -2.53. The van der Waals surface area contributed by atoms with Gasteiger partial charge in [-0.3, -0.25) is 0 Å². The van der Waals surface area contributed by atoms with Crippen molar-refractivity contribution in [3.8, 4) is 0 Å². The van der Waals surface area contributed by atoms with Crippen molar-refractivity contribution in [1.82, 2.24) is 5.32 Å². The number of nitrogens with one attached hydrogen (secondary N) is 1. The first-order valence-electron chi connectivity index (χ1n) is 8.17. The minimum Gasteiger partial charge on any atom is -0.375 e. The van der Waals surface area contributed by atoms with Crippen molar-refractivity contribution in [2.75, 3.05) is 6.61 Å². The molecular weight excluding hydrogens is 222 g/mol. The van der Waals surface area contributed by atoms with Crippen LogP contribution in [0.5, 0.6) is 0 Å². The molecule has 1 unspecified atom stereocenters. The number of ether oxygens (including phenoxy) is 1. The van der Waals surface area contributed by atoms with Crippen LogP contribution in [-0.4, -0.2) is 24.3 Å². The highest BCUT2D eigenvalue weighted by molar-refractivity contribution is 4.96. The van der Waals surface area contributed by atoms with Crippen molar-refractivity contribution in [3.63, 3.8) is 0 Å². The molecule has 2 saturated carbocycles. The summed E-state index contributed by atoms with van der Waals surface area (Å²) in [6.45, 7) is 3.40.